The molecule has 1 fully saturated rings. The van der Waals surface area contributed by atoms with Crippen LogP contribution in [-0.2, 0) is 14.8 Å². The van der Waals surface area contributed by atoms with Crippen molar-refractivity contribution in [2.45, 2.75) is 38.0 Å². The summed E-state index contributed by atoms with van der Waals surface area (Å²) in [5, 5.41) is 7.60. The highest BCUT2D eigenvalue weighted by Crippen LogP contribution is 2.26. The van der Waals surface area contributed by atoms with Crippen molar-refractivity contribution in [3.8, 4) is 0 Å². The Morgan fingerprint density at radius 1 is 1.08 bits per heavy atom. The summed E-state index contributed by atoms with van der Waals surface area (Å²) in [6.45, 7) is 8.66. The van der Waals surface area contributed by atoms with E-state index in [1.807, 2.05) is 6.92 Å². The van der Waals surface area contributed by atoms with Gasteiger partial charge in [0.15, 0.2) is 5.52 Å². The molecule has 0 saturated carbocycles. The van der Waals surface area contributed by atoms with Gasteiger partial charge in [0.25, 0.3) is 0 Å². The SMILES string of the molecule is Cc1cc(C)c2nonc2c1S(=O)(=O)NCCCCCN1CCOCC1. The zero-order valence-electron chi connectivity index (χ0n) is 15.3. The van der Waals surface area contributed by atoms with Crippen molar-refractivity contribution >= 4 is 21.1 Å². The molecule has 3 rings (SSSR count). The smallest absolute Gasteiger partial charge is 0.243 e. The van der Waals surface area contributed by atoms with E-state index >= 15 is 0 Å². The molecule has 2 heterocycles. The molecule has 0 spiro atoms. The number of aryl methyl sites for hydroxylation is 2. The van der Waals surface area contributed by atoms with Crippen LogP contribution in [0.4, 0.5) is 0 Å². The molecule has 2 aromatic rings. The molecule has 0 atom stereocenters. The van der Waals surface area contributed by atoms with Crippen LogP contribution in [0, 0.1) is 13.8 Å². The standard InChI is InChI=1S/C17H26N4O4S/c1-13-12-14(2)17(16-15(13)19-25-20-16)26(22,23)18-6-4-3-5-7-21-8-10-24-11-9-21/h12,18H,3-11H2,1-2H3. The van der Waals surface area contributed by atoms with Crippen LogP contribution in [-0.4, -0.2) is 63.0 Å². The third-order valence-electron chi connectivity index (χ3n) is 4.68. The summed E-state index contributed by atoms with van der Waals surface area (Å²) < 4.78 is 38.2. The van der Waals surface area contributed by atoms with Gasteiger partial charge in [0, 0.05) is 19.6 Å². The maximum absolute atomic E-state index is 12.7. The first-order valence-electron chi connectivity index (χ1n) is 9.01. The summed E-state index contributed by atoms with van der Waals surface area (Å²) in [6.07, 6.45) is 2.84. The van der Waals surface area contributed by atoms with Crippen LogP contribution >= 0.6 is 0 Å². The number of nitrogens with one attached hydrogen (secondary N) is 1. The molecular weight excluding hydrogens is 356 g/mol. The molecule has 1 aromatic heterocycles. The van der Waals surface area contributed by atoms with E-state index < -0.39 is 10.0 Å². The van der Waals surface area contributed by atoms with Gasteiger partial charge in [0.05, 0.1) is 13.2 Å². The highest BCUT2D eigenvalue weighted by Gasteiger charge is 2.24. The van der Waals surface area contributed by atoms with E-state index in [0.717, 1.165) is 57.7 Å². The molecule has 144 valence electrons. The van der Waals surface area contributed by atoms with Crippen LogP contribution in [0.3, 0.4) is 0 Å². The number of hydrogen-bond donors (Lipinski definition) is 1. The second kappa shape index (κ2) is 8.43. The lowest BCUT2D eigenvalue weighted by Crippen LogP contribution is -2.36. The zero-order valence-corrected chi connectivity index (χ0v) is 16.1. The van der Waals surface area contributed by atoms with Crippen molar-refractivity contribution in [1.82, 2.24) is 19.9 Å². The lowest BCUT2D eigenvalue weighted by atomic mass is 10.1. The summed E-state index contributed by atoms with van der Waals surface area (Å²) in [5.74, 6) is 0. The van der Waals surface area contributed by atoms with Crippen LogP contribution in [0.15, 0.2) is 15.6 Å². The fourth-order valence-electron chi connectivity index (χ4n) is 3.32. The van der Waals surface area contributed by atoms with E-state index in [9.17, 15) is 8.42 Å². The third-order valence-corrected chi connectivity index (χ3v) is 6.32. The Balaban J connectivity index is 1.52. The predicted molar refractivity (Wildman–Crippen MR) is 97.6 cm³/mol. The second-order valence-corrected chi connectivity index (χ2v) is 8.42. The van der Waals surface area contributed by atoms with Gasteiger partial charge in [0.2, 0.25) is 10.0 Å². The highest BCUT2D eigenvalue weighted by atomic mass is 32.2. The molecule has 0 aliphatic carbocycles. The first-order valence-corrected chi connectivity index (χ1v) is 10.5. The minimum atomic E-state index is -3.65. The summed E-state index contributed by atoms with van der Waals surface area (Å²) in [7, 11) is -3.65. The first-order chi connectivity index (χ1) is 12.5. The Labute approximate surface area is 153 Å². The Morgan fingerprint density at radius 2 is 1.81 bits per heavy atom. The van der Waals surface area contributed by atoms with Gasteiger partial charge in [-0.05, 0) is 54.7 Å². The summed E-state index contributed by atoms with van der Waals surface area (Å²) in [6, 6.07) is 1.80. The molecule has 26 heavy (non-hydrogen) atoms. The Morgan fingerprint density at radius 3 is 2.58 bits per heavy atom. The zero-order chi connectivity index (χ0) is 18.6. The number of rotatable bonds is 8. The quantitative estimate of drug-likeness (QED) is 0.693. The van der Waals surface area contributed by atoms with E-state index in [1.54, 1.807) is 13.0 Å². The fourth-order valence-corrected chi connectivity index (χ4v) is 4.75. The molecule has 1 saturated heterocycles. The largest absolute Gasteiger partial charge is 0.379 e. The van der Waals surface area contributed by atoms with Gasteiger partial charge in [-0.3, -0.25) is 4.90 Å². The lowest BCUT2D eigenvalue weighted by molar-refractivity contribution is 0.0371. The van der Waals surface area contributed by atoms with Gasteiger partial charge in [-0.2, -0.15) is 0 Å². The third kappa shape index (κ3) is 4.40. The van der Waals surface area contributed by atoms with Crippen molar-refractivity contribution < 1.29 is 17.8 Å². The molecular formula is C17H26N4O4S. The number of benzene rings is 1. The van der Waals surface area contributed by atoms with Crippen LogP contribution < -0.4 is 4.72 Å². The predicted octanol–water partition coefficient (Wildman–Crippen LogP) is 1.62. The number of aromatic nitrogens is 2. The molecule has 1 aliphatic rings. The van der Waals surface area contributed by atoms with Crippen molar-refractivity contribution in [1.29, 1.82) is 0 Å². The second-order valence-electron chi connectivity index (χ2n) is 6.71. The normalized spacial score (nSPS) is 16.4. The first kappa shape index (κ1) is 19.2. The number of morpholine rings is 1. The number of unbranched alkanes of at least 4 members (excludes halogenated alkanes) is 2. The topological polar surface area (TPSA) is 97.6 Å². The molecule has 1 aromatic carbocycles. The number of hydrogen-bond acceptors (Lipinski definition) is 7. The number of ether oxygens (including phenoxy) is 1. The molecule has 0 bridgehead atoms. The average Bonchev–Trinajstić information content (AvgIpc) is 3.08. The molecule has 9 heteroatoms. The van der Waals surface area contributed by atoms with Crippen LogP contribution in [0.25, 0.3) is 11.0 Å². The van der Waals surface area contributed by atoms with Gasteiger partial charge in [0.1, 0.15) is 10.4 Å². The number of fused-ring (bicyclic) bond motifs is 1. The molecule has 1 aliphatic heterocycles. The van der Waals surface area contributed by atoms with Crippen molar-refractivity contribution in [3.63, 3.8) is 0 Å². The van der Waals surface area contributed by atoms with E-state index in [2.05, 4.69) is 19.9 Å². The lowest BCUT2D eigenvalue weighted by Gasteiger charge is -2.26. The molecule has 8 nitrogen and oxygen atoms in total. The Bertz CT molecular complexity index is 844. The summed E-state index contributed by atoms with van der Waals surface area (Å²) in [5.41, 5.74) is 2.27. The summed E-state index contributed by atoms with van der Waals surface area (Å²) >= 11 is 0. The molecule has 1 N–H and O–H groups in total. The minimum absolute atomic E-state index is 0.160. The monoisotopic (exact) mass is 382 g/mol. The Kier molecular flexibility index (Phi) is 6.23. The van der Waals surface area contributed by atoms with Crippen molar-refractivity contribution in [2.75, 3.05) is 39.4 Å². The molecule has 0 radical (unpaired) electrons. The van der Waals surface area contributed by atoms with E-state index in [1.165, 1.54) is 0 Å². The average molecular weight is 382 g/mol. The van der Waals surface area contributed by atoms with Gasteiger partial charge >= 0.3 is 0 Å². The number of sulfonamides is 1. The van der Waals surface area contributed by atoms with E-state index in [-0.39, 0.29) is 4.90 Å². The van der Waals surface area contributed by atoms with Crippen molar-refractivity contribution in [2.24, 2.45) is 0 Å². The van der Waals surface area contributed by atoms with Crippen LogP contribution in [0.2, 0.25) is 0 Å². The minimum Gasteiger partial charge on any atom is -0.379 e. The number of nitrogens with zero attached hydrogens (tertiary/aromatic N) is 3. The van der Waals surface area contributed by atoms with Crippen LogP contribution in [0.1, 0.15) is 30.4 Å². The van der Waals surface area contributed by atoms with E-state index in [4.69, 9.17) is 9.37 Å². The van der Waals surface area contributed by atoms with Gasteiger partial charge in [-0.15, -0.1) is 0 Å². The maximum atomic E-state index is 12.7. The van der Waals surface area contributed by atoms with Gasteiger partial charge in [-0.25, -0.2) is 17.8 Å². The maximum Gasteiger partial charge on any atom is 0.243 e. The molecule has 0 amide bonds. The highest BCUT2D eigenvalue weighted by molar-refractivity contribution is 7.89. The van der Waals surface area contributed by atoms with Crippen molar-refractivity contribution in [3.05, 3.63) is 17.2 Å². The summed E-state index contributed by atoms with van der Waals surface area (Å²) in [4.78, 5) is 2.55. The fraction of sp³-hybridized carbons (Fsp3) is 0.647. The van der Waals surface area contributed by atoms with Gasteiger partial charge in [-0.1, -0.05) is 12.5 Å². The molecule has 0 unspecified atom stereocenters. The Hall–Kier alpha value is -1.55. The van der Waals surface area contributed by atoms with Crippen LogP contribution in [0.5, 0.6) is 0 Å². The van der Waals surface area contributed by atoms with E-state index in [0.29, 0.717) is 23.1 Å². The van der Waals surface area contributed by atoms with Gasteiger partial charge < -0.3 is 4.74 Å².